The van der Waals surface area contributed by atoms with Gasteiger partial charge in [0, 0.05) is 30.1 Å². The van der Waals surface area contributed by atoms with Crippen molar-refractivity contribution in [1.82, 2.24) is 0 Å². The summed E-state index contributed by atoms with van der Waals surface area (Å²) < 4.78 is 0. The molecule has 2 rings (SSSR count). The van der Waals surface area contributed by atoms with Crippen LogP contribution in [0.4, 0.5) is 5.69 Å². The zero-order valence-electron chi connectivity index (χ0n) is 11.1. The molecule has 0 saturated carbocycles. The lowest BCUT2D eigenvalue weighted by Gasteiger charge is -2.16. The molecule has 19 heavy (non-hydrogen) atoms. The van der Waals surface area contributed by atoms with E-state index in [0.717, 1.165) is 18.5 Å². The Bertz CT molecular complexity index is 491. The molecule has 1 saturated heterocycles. The minimum atomic E-state index is 0.112. The molecular weight excluding hydrogens is 240 g/mol. The van der Waals surface area contributed by atoms with Crippen molar-refractivity contribution in [2.75, 3.05) is 18.0 Å². The molecule has 1 aliphatic heterocycles. The molecule has 100 valence electrons. The molecule has 5 heteroatoms. The Hall–Kier alpha value is -2.00. The third kappa shape index (κ3) is 3.26. The Labute approximate surface area is 112 Å². The van der Waals surface area contributed by atoms with Crippen LogP contribution in [-0.2, 0) is 11.2 Å². The first-order valence-corrected chi connectivity index (χ1v) is 6.64. The summed E-state index contributed by atoms with van der Waals surface area (Å²) in [6.45, 7) is 3.19. The van der Waals surface area contributed by atoms with Gasteiger partial charge in [0.15, 0.2) is 0 Å². The Kier molecular flexibility index (Phi) is 4.42. The Morgan fingerprint density at radius 3 is 2.79 bits per heavy atom. The standard InChI is InChI=1S/C14H18N4O/c1-2-3-11-4-6-13(7-5-11)18-10-12(8-14(18)19)9-16-17-15/h4-7,12H,2-3,8-10H2,1H3. The second-order valence-corrected chi connectivity index (χ2v) is 4.90. The summed E-state index contributed by atoms with van der Waals surface area (Å²) in [5.41, 5.74) is 10.5. The summed E-state index contributed by atoms with van der Waals surface area (Å²) in [4.78, 5) is 16.5. The zero-order chi connectivity index (χ0) is 13.7. The number of nitrogens with zero attached hydrogens (tertiary/aromatic N) is 4. The van der Waals surface area contributed by atoms with Crippen molar-refractivity contribution >= 4 is 11.6 Å². The number of azide groups is 1. The van der Waals surface area contributed by atoms with Crippen LogP contribution in [0, 0.1) is 5.92 Å². The highest BCUT2D eigenvalue weighted by Crippen LogP contribution is 2.25. The van der Waals surface area contributed by atoms with Crippen molar-refractivity contribution in [2.24, 2.45) is 11.0 Å². The van der Waals surface area contributed by atoms with E-state index >= 15 is 0 Å². The highest BCUT2D eigenvalue weighted by molar-refractivity contribution is 5.95. The molecule has 1 aromatic rings. The van der Waals surface area contributed by atoms with E-state index in [1.54, 1.807) is 4.90 Å². The van der Waals surface area contributed by atoms with Crippen LogP contribution in [0.2, 0.25) is 0 Å². The average Bonchev–Trinajstić information content (AvgIpc) is 2.79. The van der Waals surface area contributed by atoms with Crippen molar-refractivity contribution in [3.05, 3.63) is 40.3 Å². The van der Waals surface area contributed by atoms with E-state index in [2.05, 4.69) is 29.1 Å². The number of hydrogen-bond donors (Lipinski definition) is 0. The third-order valence-corrected chi connectivity index (χ3v) is 3.39. The van der Waals surface area contributed by atoms with E-state index in [4.69, 9.17) is 5.53 Å². The fraction of sp³-hybridized carbons (Fsp3) is 0.500. The molecule has 0 spiro atoms. The quantitative estimate of drug-likeness (QED) is 0.454. The van der Waals surface area contributed by atoms with Gasteiger partial charge >= 0.3 is 0 Å². The number of amides is 1. The first-order valence-electron chi connectivity index (χ1n) is 6.64. The van der Waals surface area contributed by atoms with E-state index in [1.165, 1.54) is 5.56 Å². The lowest BCUT2D eigenvalue weighted by atomic mass is 10.1. The van der Waals surface area contributed by atoms with Crippen LogP contribution in [-0.4, -0.2) is 19.0 Å². The first-order chi connectivity index (χ1) is 9.24. The Morgan fingerprint density at radius 2 is 2.16 bits per heavy atom. The molecule has 1 atom stereocenters. The number of aryl methyl sites for hydroxylation is 1. The number of carbonyl (C=O) groups is 1. The van der Waals surface area contributed by atoms with Gasteiger partial charge in [-0.25, -0.2) is 0 Å². The van der Waals surface area contributed by atoms with E-state index in [-0.39, 0.29) is 11.8 Å². The normalized spacial score (nSPS) is 18.5. The zero-order valence-corrected chi connectivity index (χ0v) is 11.1. The van der Waals surface area contributed by atoms with Crippen molar-refractivity contribution in [3.63, 3.8) is 0 Å². The highest BCUT2D eigenvalue weighted by atomic mass is 16.2. The van der Waals surface area contributed by atoms with Crippen LogP contribution in [0.25, 0.3) is 10.4 Å². The SMILES string of the molecule is CCCc1ccc(N2CC(CN=[N+]=[N-])CC2=O)cc1. The van der Waals surface area contributed by atoms with Gasteiger partial charge in [-0.15, -0.1) is 0 Å². The van der Waals surface area contributed by atoms with E-state index in [9.17, 15) is 4.79 Å². The summed E-state index contributed by atoms with van der Waals surface area (Å²) in [5.74, 6) is 0.250. The predicted octanol–water partition coefficient (Wildman–Crippen LogP) is 3.30. The summed E-state index contributed by atoms with van der Waals surface area (Å²) in [5, 5.41) is 3.56. The minimum Gasteiger partial charge on any atom is -0.312 e. The van der Waals surface area contributed by atoms with Crippen LogP contribution in [0.5, 0.6) is 0 Å². The largest absolute Gasteiger partial charge is 0.312 e. The molecule has 1 heterocycles. The number of rotatable bonds is 5. The van der Waals surface area contributed by atoms with E-state index in [0.29, 0.717) is 19.5 Å². The molecule has 1 fully saturated rings. The maximum Gasteiger partial charge on any atom is 0.227 e. The van der Waals surface area contributed by atoms with Gasteiger partial charge in [-0.2, -0.15) is 0 Å². The smallest absolute Gasteiger partial charge is 0.227 e. The van der Waals surface area contributed by atoms with Crippen molar-refractivity contribution in [1.29, 1.82) is 0 Å². The molecule has 1 aromatic carbocycles. The molecule has 0 radical (unpaired) electrons. The van der Waals surface area contributed by atoms with Crippen molar-refractivity contribution in [3.8, 4) is 0 Å². The maximum absolute atomic E-state index is 12.0. The molecule has 1 unspecified atom stereocenters. The number of hydrogen-bond acceptors (Lipinski definition) is 2. The molecule has 0 N–H and O–H groups in total. The first kappa shape index (κ1) is 13.4. The van der Waals surface area contributed by atoms with Crippen molar-refractivity contribution in [2.45, 2.75) is 26.2 Å². The predicted molar refractivity (Wildman–Crippen MR) is 74.9 cm³/mol. The van der Waals surface area contributed by atoms with Gasteiger partial charge in [0.1, 0.15) is 0 Å². The summed E-state index contributed by atoms with van der Waals surface area (Å²) in [6, 6.07) is 8.15. The molecule has 0 bridgehead atoms. The minimum absolute atomic E-state index is 0.112. The molecule has 1 aliphatic rings. The number of carbonyl (C=O) groups excluding carboxylic acids is 1. The molecule has 0 aliphatic carbocycles. The van der Waals surface area contributed by atoms with E-state index in [1.807, 2.05) is 12.1 Å². The number of anilines is 1. The van der Waals surface area contributed by atoms with Gasteiger partial charge in [-0.1, -0.05) is 30.6 Å². The topological polar surface area (TPSA) is 69.1 Å². The molecular formula is C14H18N4O. The van der Waals surface area contributed by atoms with Crippen LogP contribution in [0.1, 0.15) is 25.3 Å². The van der Waals surface area contributed by atoms with Crippen LogP contribution in [0.15, 0.2) is 29.4 Å². The Balaban J connectivity index is 2.05. The van der Waals surface area contributed by atoms with Gasteiger partial charge in [0.2, 0.25) is 5.91 Å². The molecule has 5 nitrogen and oxygen atoms in total. The van der Waals surface area contributed by atoms with Crippen LogP contribution >= 0.6 is 0 Å². The molecule has 1 amide bonds. The fourth-order valence-corrected chi connectivity index (χ4v) is 2.44. The van der Waals surface area contributed by atoms with Gasteiger partial charge < -0.3 is 4.90 Å². The maximum atomic E-state index is 12.0. The Morgan fingerprint density at radius 1 is 1.42 bits per heavy atom. The second kappa shape index (κ2) is 6.25. The van der Waals surface area contributed by atoms with Crippen LogP contribution in [0.3, 0.4) is 0 Å². The molecule has 0 aromatic heterocycles. The lowest BCUT2D eigenvalue weighted by molar-refractivity contribution is -0.117. The van der Waals surface area contributed by atoms with Crippen molar-refractivity contribution < 1.29 is 4.79 Å². The summed E-state index contributed by atoms with van der Waals surface area (Å²) in [7, 11) is 0. The number of benzene rings is 1. The summed E-state index contributed by atoms with van der Waals surface area (Å²) in [6.07, 6.45) is 2.65. The summed E-state index contributed by atoms with van der Waals surface area (Å²) >= 11 is 0. The average molecular weight is 258 g/mol. The van der Waals surface area contributed by atoms with Crippen LogP contribution < -0.4 is 4.90 Å². The monoisotopic (exact) mass is 258 g/mol. The van der Waals surface area contributed by atoms with Gasteiger partial charge in [-0.3, -0.25) is 4.79 Å². The van der Waals surface area contributed by atoms with Gasteiger partial charge in [0.25, 0.3) is 0 Å². The highest BCUT2D eigenvalue weighted by Gasteiger charge is 2.29. The van der Waals surface area contributed by atoms with E-state index < -0.39 is 0 Å². The van der Waals surface area contributed by atoms with Gasteiger partial charge in [-0.05, 0) is 35.6 Å². The lowest BCUT2D eigenvalue weighted by Crippen LogP contribution is -2.24. The second-order valence-electron chi connectivity index (χ2n) is 4.90. The third-order valence-electron chi connectivity index (χ3n) is 3.39. The van der Waals surface area contributed by atoms with Gasteiger partial charge in [0.05, 0.1) is 0 Å². The fourth-order valence-electron chi connectivity index (χ4n) is 2.44.